The van der Waals surface area contributed by atoms with Crippen LogP contribution >= 0.6 is 0 Å². The largest absolute Gasteiger partial charge is 0.481 e. The molecule has 0 amide bonds. The highest BCUT2D eigenvalue weighted by Gasteiger charge is 2.38. The first-order valence-corrected chi connectivity index (χ1v) is 3.96. The first-order valence-electron chi connectivity index (χ1n) is 3.96. The van der Waals surface area contributed by atoms with Crippen LogP contribution in [0.15, 0.2) is 0 Å². The minimum atomic E-state index is -0.793. The Labute approximate surface area is 65.4 Å². The molecule has 0 unspecified atom stereocenters. The van der Waals surface area contributed by atoms with E-state index in [0.29, 0.717) is 6.42 Å². The normalized spacial score (nSPS) is 20.8. The molecule has 11 heavy (non-hydrogen) atoms. The Morgan fingerprint density at radius 1 is 1.55 bits per heavy atom. The van der Waals surface area contributed by atoms with Gasteiger partial charge in [0, 0.05) is 0 Å². The van der Waals surface area contributed by atoms with E-state index in [1.807, 2.05) is 0 Å². The smallest absolute Gasteiger partial charge is 0.303 e. The molecule has 1 fully saturated rings. The van der Waals surface area contributed by atoms with Crippen LogP contribution in [0.4, 0.5) is 4.39 Å². The number of carbonyl (C=O) groups is 1. The van der Waals surface area contributed by atoms with Gasteiger partial charge in [0.15, 0.2) is 0 Å². The molecular formula is C8H13FO2. The number of hydrogen-bond donors (Lipinski definition) is 1. The highest BCUT2D eigenvalue weighted by molar-refractivity contribution is 5.67. The number of halogens is 1. The summed E-state index contributed by atoms with van der Waals surface area (Å²) in [6.07, 6.45) is 3.43. The quantitative estimate of drug-likeness (QED) is 0.682. The van der Waals surface area contributed by atoms with Crippen LogP contribution in [0.5, 0.6) is 0 Å². The lowest BCUT2D eigenvalue weighted by Gasteiger charge is -2.40. The van der Waals surface area contributed by atoms with Crippen molar-refractivity contribution in [3.8, 4) is 0 Å². The van der Waals surface area contributed by atoms with Crippen molar-refractivity contribution < 1.29 is 14.3 Å². The molecule has 0 atom stereocenters. The molecule has 1 aliphatic rings. The SMILES string of the molecule is O=C(O)CC1(CCF)CCC1. The second-order valence-corrected chi connectivity index (χ2v) is 3.36. The van der Waals surface area contributed by atoms with E-state index in [2.05, 4.69) is 0 Å². The summed E-state index contributed by atoms with van der Waals surface area (Å²) in [6, 6.07) is 0. The van der Waals surface area contributed by atoms with E-state index in [-0.39, 0.29) is 18.5 Å². The molecule has 0 aromatic rings. The number of rotatable bonds is 4. The number of carboxylic acids is 1. The third kappa shape index (κ3) is 1.91. The minimum absolute atomic E-state index is 0.150. The Bertz CT molecular complexity index is 152. The zero-order chi connectivity index (χ0) is 8.32. The second-order valence-electron chi connectivity index (χ2n) is 3.36. The Morgan fingerprint density at radius 3 is 2.45 bits per heavy atom. The molecule has 0 aromatic heterocycles. The van der Waals surface area contributed by atoms with Gasteiger partial charge in [0.25, 0.3) is 0 Å². The van der Waals surface area contributed by atoms with E-state index in [4.69, 9.17) is 5.11 Å². The second kappa shape index (κ2) is 3.20. The zero-order valence-corrected chi connectivity index (χ0v) is 6.48. The molecule has 0 radical (unpaired) electrons. The number of carboxylic acid groups (broad SMARTS) is 1. The summed E-state index contributed by atoms with van der Waals surface area (Å²) in [4.78, 5) is 10.4. The maximum atomic E-state index is 12.0. The van der Waals surface area contributed by atoms with Gasteiger partial charge in [-0.25, -0.2) is 0 Å². The first-order chi connectivity index (χ1) is 5.18. The minimum Gasteiger partial charge on any atom is -0.481 e. The van der Waals surface area contributed by atoms with Gasteiger partial charge in [0.1, 0.15) is 0 Å². The van der Waals surface area contributed by atoms with Crippen molar-refractivity contribution in [2.75, 3.05) is 6.67 Å². The Hall–Kier alpha value is -0.600. The summed E-state index contributed by atoms with van der Waals surface area (Å²) in [5.74, 6) is -0.793. The molecule has 1 N–H and O–H groups in total. The highest BCUT2D eigenvalue weighted by Crippen LogP contribution is 2.46. The molecule has 1 aliphatic carbocycles. The third-order valence-corrected chi connectivity index (χ3v) is 2.57. The van der Waals surface area contributed by atoms with Crippen molar-refractivity contribution in [3.05, 3.63) is 0 Å². The van der Waals surface area contributed by atoms with Crippen LogP contribution in [0.2, 0.25) is 0 Å². The fourth-order valence-corrected chi connectivity index (χ4v) is 1.71. The molecule has 2 nitrogen and oxygen atoms in total. The summed E-state index contributed by atoms with van der Waals surface area (Å²) in [5.41, 5.74) is -0.180. The van der Waals surface area contributed by atoms with Crippen LogP contribution in [-0.2, 0) is 4.79 Å². The summed E-state index contributed by atoms with van der Waals surface area (Å²) in [7, 11) is 0. The molecular weight excluding hydrogens is 147 g/mol. The van der Waals surface area contributed by atoms with Gasteiger partial charge in [-0.3, -0.25) is 9.18 Å². The van der Waals surface area contributed by atoms with E-state index in [1.54, 1.807) is 0 Å². The van der Waals surface area contributed by atoms with Gasteiger partial charge in [-0.15, -0.1) is 0 Å². The van der Waals surface area contributed by atoms with Crippen LogP contribution in [0, 0.1) is 5.41 Å². The molecule has 1 saturated carbocycles. The van der Waals surface area contributed by atoms with Gasteiger partial charge in [-0.05, 0) is 24.7 Å². The number of aliphatic carboxylic acids is 1. The van der Waals surface area contributed by atoms with Gasteiger partial charge in [-0.1, -0.05) is 6.42 Å². The van der Waals surface area contributed by atoms with Crippen molar-refractivity contribution in [2.24, 2.45) is 5.41 Å². The van der Waals surface area contributed by atoms with Crippen LogP contribution < -0.4 is 0 Å². The zero-order valence-electron chi connectivity index (χ0n) is 6.48. The van der Waals surface area contributed by atoms with Gasteiger partial charge < -0.3 is 5.11 Å². The van der Waals surface area contributed by atoms with Gasteiger partial charge in [-0.2, -0.15) is 0 Å². The van der Waals surface area contributed by atoms with Gasteiger partial charge >= 0.3 is 5.97 Å². The molecule has 0 spiro atoms. The van der Waals surface area contributed by atoms with Crippen molar-refractivity contribution in [1.82, 2.24) is 0 Å². The maximum Gasteiger partial charge on any atom is 0.303 e. The van der Waals surface area contributed by atoms with Crippen molar-refractivity contribution in [2.45, 2.75) is 32.1 Å². The predicted octanol–water partition coefficient (Wildman–Crippen LogP) is 1.99. The van der Waals surface area contributed by atoms with Crippen molar-refractivity contribution in [1.29, 1.82) is 0 Å². The lowest BCUT2D eigenvalue weighted by atomic mass is 9.65. The van der Waals surface area contributed by atoms with E-state index in [0.717, 1.165) is 19.3 Å². The maximum absolute atomic E-state index is 12.0. The summed E-state index contributed by atoms with van der Waals surface area (Å²) in [6.45, 7) is -0.382. The monoisotopic (exact) mass is 160 g/mol. The van der Waals surface area contributed by atoms with E-state index in [1.165, 1.54) is 0 Å². The van der Waals surface area contributed by atoms with Crippen molar-refractivity contribution >= 4 is 5.97 Å². The van der Waals surface area contributed by atoms with Crippen LogP contribution in [0.25, 0.3) is 0 Å². The molecule has 64 valence electrons. The standard InChI is InChI=1S/C8H13FO2/c9-5-4-8(2-1-3-8)6-7(10)11/h1-6H2,(H,10,11). The molecule has 0 aromatic carbocycles. The molecule has 0 saturated heterocycles. The van der Waals surface area contributed by atoms with Crippen LogP contribution in [0.3, 0.4) is 0 Å². The summed E-state index contributed by atoms with van der Waals surface area (Å²) in [5, 5.41) is 8.52. The molecule has 0 aliphatic heterocycles. The molecule has 3 heteroatoms. The van der Waals surface area contributed by atoms with E-state index >= 15 is 0 Å². The van der Waals surface area contributed by atoms with E-state index < -0.39 is 5.97 Å². The Kier molecular flexibility index (Phi) is 2.47. The topological polar surface area (TPSA) is 37.3 Å². The number of hydrogen-bond acceptors (Lipinski definition) is 1. The lowest BCUT2D eigenvalue weighted by molar-refractivity contribution is -0.141. The summed E-state index contributed by atoms with van der Waals surface area (Å²) < 4.78 is 12.0. The molecule has 1 rings (SSSR count). The fourth-order valence-electron chi connectivity index (χ4n) is 1.71. The van der Waals surface area contributed by atoms with E-state index in [9.17, 15) is 9.18 Å². The average Bonchev–Trinajstić information content (AvgIpc) is 1.82. The van der Waals surface area contributed by atoms with Crippen LogP contribution in [0.1, 0.15) is 32.1 Å². The van der Waals surface area contributed by atoms with Gasteiger partial charge in [0.05, 0.1) is 13.1 Å². The van der Waals surface area contributed by atoms with Gasteiger partial charge in [0.2, 0.25) is 0 Å². The highest BCUT2D eigenvalue weighted by atomic mass is 19.1. The molecule has 0 bridgehead atoms. The third-order valence-electron chi connectivity index (χ3n) is 2.57. The van der Waals surface area contributed by atoms with Crippen LogP contribution in [-0.4, -0.2) is 17.8 Å². The molecule has 0 heterocycles. The predicted molar refractivity (Wildman–Crippen MR) is 39.1 cm³/mol. The first kappa shape index (κ1) is 8.50. The lowest BCUT2D eigenvalue weighted by Crippen LogP contribution is -2.32. The number of alkyl halides is 1. The van der Waals surface area contributed by atoms with Crippen molar-refractivity contribution in [3.63, 3.8) is 0 Å². The average molecular weight is 160 g/mol. The Balaban J connectivity index is 2.39. The Morgan fingerprint density at radius 2 is 2.18 bits per heavy atom. The fraction of sp³-hybridized carbons (Fsp3) is 0.875. The summed E-state index contributed by atoms with van der Waals surface area (Å²) >= 11 is 0.